The van der Waals surface area contributed by atoms with Gasteiger partial charge in [0.15, 0.2) is 35.7 Å². The highest BCUT2D eigenvalue weighted by atomic mass is 16.7. The molecule has 2 aliphatic heterocycles. The summed E-state index contributed by atoms with van der Waals surface area (Å²) in [6, 6.07) is 9.19. The maximum absolute atomic E-state index is 11.0. The topological polar surface area (TPSA) is 55.0 Å². The SMILES string of the molecule is COc1cc(CN(C(C)C)C(C)C)c2cc3[n+](cc2c1O)CCc1cc2c(cc1-3)OCO2. The van der Waals surface area contributed by atoms with Gasteiger partial charge in [-0.3, -0.25) is 4.90 Å². The highest BCUT2D eigenvalue weighted by Crippen LogP contribution is 2.42. The van der Waals surface area contributed by atoms with E-state index in [0.29, 0.717) is 17.8 Å². The third kappa shape index (κ3) is 3.34. The van der Waals surface area contributed by atoms with E-state index < -0.39 is 0 Å². The molecule has 0 saturated heterocycles. The molecule has 0 unspecified atom stereocenters. The van der Waals surface area contributed by atoms with Crippen molar-refractivity contribution in [1.82, 2.24) is 4.90 Å². The summed E-state index contributed by atoms with van der Waals surface area (Å²) in [6.45, 7) is 10.8. The quantitative estimate of drug-likeness (QED) is 0.602. The summed E-state index contributed by atoms with van der Waals surface area (Å²) in [5.41, 5.74) is 4.70. The van der Waals surface area contributed by atoms with Gasteiger partial charge in [0.1, 0.15) is 0 Å². The van der Waals surface area contributed by atoms with Crippen LogP contribution in [0, 0.1) is 0 Å². The molecule has 2 aliphatic rings. The molecule has 0 fully saturated rings. The molecule has 3 heterocycles. The largest absolute Gasteiger partial charge is 0.504 e. The zero-order valence-corrected chi connectivity index (χ0v) is 19.4. The summed E-state index contributed by atoms with van der Waals surface area (Å²) in [5.74, 6) is 2.32. The molecule has 1 aromatic heterocycles. The van der Waals surface area contributed by atoms with Crippen molar-refractivity contribution in [3.05, 3.63) is 41.6 Å². The minimum atomic E-state index is 0.193. The van der Waals surface area contributed by atoms with Crippen molar-refractivity contribution in [3.8, 4) is 34.3 Å². The minimum absolute atomic E-state index is 0.193. The summed E-state index contributed by atoms with van der Waals surface area (Å²) in [7, 11) is 1.61. The highest BCUT2D eigenvalue weighted by molar-refractivity contribution is 5.94. The second-order valence-corrected chi connectivity index (χ2v) is 9.24. The number of aromatic nitrogens is 1. The molecule has 0 aliphatic carbocycles. The van der Waals surface area contributed by atoms with Crippen molar-refractivity contribution in [1.29, 1.82) is 0 Å². The van der Waals surface area contributed by atoms with Gasteiger partial charge in [0.2, 0.25) is 12.5 Å². The van der Waals surface area contributed by atoms with Crippen LogP contribution in [0.25, 0.3) is 22.0 Å². The van der Waals surface area contributed by atoms with Crippen LogP contribution in [0.5, 0.6) is 23.0 Å². The monoisotopic (exact) mass is 435 g/mol. The molecule has 3 aromatic rings. The van der Waals surface area contributed by atoms with Crippen LogP contribution >= 0.6 is 0 Å². The van der Waals surface area contributed by atoms with Gasteiger partial charge in [-0.1, -0.05) is 0 Å². The third-order valence-corrected chi connectivity index (χ3v) is 6.70. The second-order valence-electron chi connectivity index (χ2n) is 9.24. The number of nitrogens with zero attached hydrogens (tertiary/aromatic N) is 2. The average Bonchev–Trinajstić information content (AvgIpc) is 3.23. The van der Waals surface area contributed by atoms with Crippen LogP contribution in [0.2, 0.25) is 0 Å². The molecule has 0 bridgehead atoms. The fraction of sp³-hybridized carbons (Fsp3) is 0.423. The Morgan fingerprint density at radius 2 is 1.75 bits per heavy atom. The van der Waals surface area contributed by atoms with E-state index in [-0.39, 0.29) is 12.5 Å². The number of ether oxygens (including phenoxy) is 3. The van der Waals surface area contributed by atoms with Crippen molar-refractivity contribution in [3.63, 3.8) is 0 Å². The van der Waals surface area contributed by atoms with Crippen LogP contribution in [0.15, 0.2) is 30.5 Å². The number of pyridine rings is 1. The summed E-state index contributed by atoms with van der Waals surface area (Å²) >= 11 is 0. The number of phenols is 1. The highest BCUT2D eigenvalue weighted by Gasteiger charge is 2.29. The Morgan fingerprint density at radius 3 is 2.44 bits per heavy atom. The molecule has 5 rings (SSSR count). The van der Waals surface area contributed by atoms with Crippen LogP contribution in [0.1, 0.15) is 38.8 Å². The molecule has 0 saturated carbocycles. The molecule has 6 nitrogen and oxygen atoms in total. The van der Waals surface area contributed by atoms with Crippen LogP contribution in [0.3, 0.4) is 0 Å². The van der Waals surface area contributed by atoms with Crippen molar-refractivity contribution in [2.75, 3.05) is 13.9 Å². The first kappa shape index (κ1) is 20.9. The minimum Gasteiger partial charge on any atom is -0.504 e. The normalized spacial score (nSPS) is 14.4. The Morgan fingerprint density at radius 1 is 1.03 bits per heavy atom. The zero-order valence-electron chi connectivity index (χ0n) is 19.4. The van der Waals surface area contributed by atoms with Gasteiger partial charge in [-0.15, -0.1) is 0 Å². The standard InChI is InChI=1S/C26H30N2O4/c1-15(2)28(16(3)4)12-18-9-25(30-5)26(29)21-13-27-7-6-17-8-23-24(32-14-31-23)11-20(17)22(27)10-19(18)21/h8-11,13,15-16H,6-7,12,14H2,1-5H3/p+1. The van der Waals surface area contributed by atoms with E-state index in [4.69, 9.17) is 14.2 Å². The van der Waals surface area contributed by atoms with Crippen LogP contribution in [-0.4, -0.2) is 36.0 Å². The molecule has 32 heavy (non-hydrogen) atoms. The number of hydrogen-bond donors (Lipinski definition) is 1. The Labute approximate surface area is 188 Å². The maximum Gasteiger partial charge on any atom is 0.231 e. The van der Waals surface area contributed by atoms with Crippen molar-refractivity contribution < 1.29 is 23.9 Å². The number of aryl methyl sites for hydroxylation is 2. The number of phenolic OH excluding ortho intramolecular Hbond substituents is 1. The Hall–Kier alpha value is -2.99. The van der Waals surface area contributed by atoms with Crippen LogP contribution in [0.4, 0.5) is 0 Å². The molecule has 0 spiro atoms. The molecular formula is C26H31N2O4+. The smallest absolute Gasteiger partial charge is 0.231 e. The second kappa shape index (κ2) is 7.85. The molecule has 0 atom stereocenters. The van der Waals surface area contributed by atoms with Crippen LogP contribution < -0.4 is 18.8 Å². The molecular weight excluding hydrogens is 404 g/mol. The van der Waals surface area contributed by atoms with E-state index in [1.807, 2.05) is 6.07 Å². The van der Waals surface area contributed by atoms with E-state index in [0.717, 1.165) is 58.6 Å². The predicted molar refractivity (Wildman–Crippen MR) is 123 cm³/mol. The number of fused-ring (bicyclic) bond motifs is 5. The number of aromatic hydroxyl groups is 1. The first-order valence-electron chi connectivity index (χ1n) is 11.3. The molecule has 0 radical (unpaired) electrons. The number of benzene rings is 2. The lowest BCUT2D eigenvalue weighted by atomic mass is 9.93. The Balaban J connectivity index is 1.72. The molecule has 168 valence electrons. The van der Waals surface area contributed by atoms with Gasteiger partial charge in [0.25, 0.3) is 0 Å². The van der Waals surface area contributed by atoms with E-state index in [1.54, 1.807) is 7.11 Å². The van der Waals surface area contributed by atoms with Gasteiger partial charge in [-0.2, -0.15) is 4.57 Å². The number of rotatable bonds is 5. The van der Waals surface area contributed by atoms with E-state index >= 15 is 0 Å². The van der Waals surface area contributed by atoms with Gasteiger partial charge in [0, 0.05) is 36.5 Å². The van der Waals surface area contributed by atoms with Gasteiger partial charge in [0.05, 0.1) is 18.1 Å². The Bertz CT molecular complexity index is 1190. The molecule has 2 aromatic carbocycles. The molecule has 6 heteroatoms. The van der Waals surface area contributed by atoms with Gasteiger partial charge < -0.3 is 19.3 Å². The first-order valence-corrected chi connectivity index (χ1v) is 11.3. The third-order valence-electron chi connectivity index (χ3n) is 6.70. The fourth-order valence-corrected chi connectivity index (χ4v) is 5.02. The molecule has 0 amide bonds. The van der Waals surface area contributed by atoms with Crippen molar-refractivity contribution >= 4 is 10.8 Å². The van der Waals surface area contributed by atoms with E-state index in [9.17, 15) is 5.11 Å². The summed E-state index contributed by atoms with van der Waals surface area (Å²) in [4.78, 5) is 2.45. The lowest BCUT2D eigenvalue weighted by molar-refractivity contribution is -0.686. The van der Waals surface area contributed by atoms with Crippen LogP contribution in [-0.2, 0) is 19.5 Å². The predicted octanol–water partition coefficient (Wildman–Crippen LogP) is 4.41. The summed E-state index contributed by atoms with van der Waals surface area (Å²) in [5, 5.41) is 12.8. The van der Waals surface area contributed by atoms with Gasteiger partial charge in [-0.25, -0.2) is 0 Å². The van der Waals surface area contributed by atoms with Crippen molar-refractivity contribution in [2.45, 2.75) is 59.3 Å². The fourth-order valence-electron chi connectivity index (χ4n) is 5.02. The lowest BCUT2D eigenvalue weighted by Gasteiger charge is -2.31. The summed E-state index contributed by atoms with van der Waals surface area (Å²) < 4.78 is 19.0. The van der Waals surface area contributed by atoms with Gasteiger partial charge >= 0.3 is 0 Å². The number of methoxy groups -OCH3 is 1. The zero-order chi connectivity index (χ0) is 22.6. The molecule has 1 N–H and O–H groups in total. The number of hydrogen-bond acceptors (Lipinski definition) is 5. The van der Waals surface area contributed by atoms with E-state index in [1.165, 1.54) is 5.56 Å². The lowest BCUT2D eigenvalue weighted by Crippen LogP contribution is -2.40. The average molecular weight is 436 g/mol. The van der Waals surface area contributed by atoms with Gasteiger partial charge in [-0.05, 0) is 57.0 Å². The maximum atomic E-state index is 11.0. The Kier molecular flexibility index (Phi) is 5.13. The van der Waals surface area contributed by atoms with Crippen molar-refractivity contribution in [2.24, 2.45) is 0 Å². The van der Waals surface area contributed by atoms with E-state index in [2.05, 4.69) is 61.6 Å². The first-order chi connectivity index (χ1) is 15.4. The summed E-state index contributed by atoms with van der Waals surface area (Å²) in [6.07, 6.45) is 2.97.